The van der Waals surface area contributed by atoms with E-state index in [0.29, 0.717) is 24.6 Å². The molecule has 0 aliphatic carbocycles. The highest BCUT2D eigenvalue weighted by Gasteiger charge is 2.13. The summed E-state index contributed by atoms with van der Waals surface area (Å²) >= 11 is 0. The van der Waals surface area contributed by atoms with Crippen molar-refractivity contribution >= 4 is 17.8 Å². The molecule has 5 N–H and O–H groups in total. The van der Waals surface area contributed by atoms with Crippen molar-refractivity contribution in [2.45, 2.75) is 26.3 Å². The zero-order valence-corrected chi connectivity index (χ0v) is 13.5. The molecule has 124 valence electrons. The largest absolute Gasteiger partial charge is 0.369 e. The Morgan fingerprint density at radius 3 is 2.48 bits per heavy atom. The molecule has 7 heteroatoms. The van der Waals surface area contributed by atoms with Gasteiger partial charge in [-0.1, -0.05) is 12.1 Å². The highest BCUT2D eigenvalue weighted by molar-refractivity contribution is 5.94. The van der Waals surface area contributed by atoms with Crippen LogP contribution in [0.25, 0.3) is 0 Å². The first-order valence-corrected chi connectivity index (χ1v) is 7.86. The van der Waals surface area contributed by atoms with E-state index in [0.717, 1.165) is 31.5 Å². The number of hydrogen-bond acceptors (Lipinski definition) is 2. The average Bonchev–Trinajstić information content (AvgIpc) is 3.08. The van der Waals surface area contributed by atoms with Crippen LogP contribution in [0.1, 0.15) is 35.7 Å². The van der Waals surface area contributed by atoms with Gasteiger partial charge < -0.3 is 21.7 Å². The van der Waals surface area contributed by atoms with Gasteiger partial charge in [0.1, 0.15) is 0 Å². The van der Waals surface area contributed by atoms with Crippen molar-refractivity contribution < 1.29 is 4.79 Å². The van der Waals surface area contributed by atoms with Crippen molar-refractivity contribution in [2.24, 2.45) is 21.5 Å². The maximum absolute atomic E-state index is 11.7. The molecule has 0 spiro atoms. The minimum Gasteiger partial charge on any atom is -0.369 e. The van der Waals surface area contributed by atoms with E-state index in [1.165, 1.54) is 0 Å². The monoisotopic (exact) mass is 316 g/mol. The molecule has 1 saturated heterocycles. The van der Waals surface area contributed by atoms with Crippen molar-refractivity contribution in [2.75, 3.05) is 19.6 Å². The van der Waals surface area contributed by atoms with Crippen LogP contribution >= 0.6 is 0 Å². The lowest BCUT2D eigenvalue weighted by Gasteiger charge is -2.15. The van der Waals surface area contributed by atoms with Crippen molar-refractivity contribution in [1.29, 1.82) is 0 Å². The van der Waals surface area contributed by atoms with Gasteiger partial charge in [-0.2, -0.15) is 4.99 Å². The maximum Gasteiger partial charge on any atom is 0.251 e. The second-order valence-corrected chi connectivity index (χ2v) is 5.39. The van der Waals surface area contributed by atoms with Gasteiger partial charge in [-0.15, -0.1) is 0 Å². The number of hydrogen-bond donors (Lipinski definition) is 3. The predicted molar refractivity (Wildman–Crippen MR) is 92.2 cm³/mol. The van der Waals surface area contributed by atoms with E-state index in [1.54, 1.807) is 12.1 Å². The molecule has 2 rings (SSSR count). The minimum atomic E-state index is -0.0787. The van der Waals surface area contributed by atoms with Gasteiger partial charge >= 0.3 is 0 Å². The number of carbonyl (C=O) groups is 1. The fourth-order valence-corrected chi connectivity index (χ4v) is 2.37. The molecule has 1 heterocycles. The summed E-state index contributed by atoms with van der Waals surface area (Å²) in [5, 5.41) is 2.76. The summed E-state index contributed by atoms with van der Waals surface area (Å²) in [4.78, 5) is 22.0. The Hall–Kier alpha value is -2.57. The number of likely N-dealkylation sites (tertiary alicyclic amines) is 1. The van der Waals surface area contributed by atoms with Crippen molar-refractivity contribution in [3.63, 3.8) is 0 Å². The highest BCUT2D eigenvalue weighted by atomic mass is 16.1. The molecule has 1 aromatic carbocycles. The SMILES string of the molecule is CCNC(=O)c1ccc(CN=C(N)N=C(N)N2CCCC2)cc1. The van der Waals surface area contributed by atoms with E-state index in [9.17, 15) is 4.79 Å². The van der Waals surface area contributed by atoms with Crippen molar-refractivity contribution in [3.05, 3.63) is 35.4 Å². The quantitative estimate of drug-likeness (QED) is 0.560. The topological polar surface area (TPSA) is 109 Å². The molecule has 7 nitrogen and oxygen atoms in total. The van der Waals surface area contributed by atoms with Gasteiger partial charge in [-0.05, 0) is 37.5 Å². The summed E-state index contributed by atoms with van der Waals surface area (Å²) in [5.41, 5.74) is 13.3. The van der Waals surface area contributed by atoms with Crippen LogP contribution < -0.4 is 16.8 Å². The Morgan fingerprint density at radius 1 is 1.22 bits per heavy atom. The molecule has 0 atom stereocenters. The van der Waals surface area contributed by atoms with Crippen LogP contribution in [0.5, 0.6) is 0 Å². The first kappa shape index (κ1) is 16.8. The lowest BCUT2D eigenvalue weighted by Crippen LogP contribution is -2.36. The molecular formula is C16H24N6O. The molecule has 1 fully saturated rings. The Bertz CT molecular complexity index is 587. The molecular weight excluding hydrogens is 292 g/mol. The van der Waals surface area contributed by atoms with Crippen LogP contribution in [0.3, 0.4) is 0 Å². The summed E-state index contributed by atoms with van der Waals surface area (Å²) in [6.45, 7) is 4.74. The van der Waals surface area contributed by atoms with Crippen molar-refractivity contribution in [3.8, 4) is 0 Å². The molecule has 1 amide bonds. The number of carbonyl (C=O) groups excluding carboxylic acids is 1. The maximum atomic E-state index is 11.7. The van der Waals surface area contributed by atoms with Gasteiger partial charge in [0, 0.05) is 25.2 Å². The summed E-state index contributed by atoms with van der Waals surface area (Å²) in [5.74, 6) is 0.516. The number of rotatable bonds is 4. The molecule has 0 aromatic heterocycles. The summed E-state index contributed by atoms with van der Waals surface area (Å²) < 4.78 is 0. The summed E-state index contributed by atoms with van der Waals surface area (Å²) in [6, 6.07) is 7.26. The number of benzene rings is 1. The van der Waals surface area contributed by atoms with Gasteiger partial charge in [0.25, 0.3) is 5.91 Å². The van der Waals surface area contributed by atoms with Crippen molar-refractivity contribution in [1.82, 2.24) is 10.2 Å². The third-order valence-electron chi connectivity index (χ3n) is 3.64. The van der Waals surface area contributed by atoms with E-state index in [4.69, 9.17) is 11.5 Å². The van der Waals surface area contributed by atoms with Crippen LogP contribution in [0.15, 0.2) is 34.3 Å². The minimum absolute atomic E-state index is 0.0787. The van der Waals surface area contributed by atoms with Gasteiger partial charge in [0.05, 0.1) is 6.54 Å². The van der Waals surface area contributed by atoms with Crippen LogP contribution in [-0.2, 0) is 6.54 Å². The first-order chi connectivity index (χ1) is 11.1. The second-order valence-electron chi connectivity index (χ2n) is 5.39. The molecule has 1 aliphatic rings. The molecule has 0 bridgehead atoms. The molecule has 0 unspecified atom stereocenters. The summed E-state index contributed by atoms with van der Waals surface area (Å²) in [7, 11) is 0. The fraction of sp³-hybridized carbons (Fsp3) is 0.438. The lowest BCUT2D eigenvalue weighted by atomic mass is 10.1. The molecule has 0 saturated carbocycles. The normalized spacial score (nSPS) is 15.8. The molecule has 1 aromatic rings. The summed E-state index contributed by atoms with van der Waals surface area (Å²) in [6.07, 6.45) is 2.26. The lowest BCUT2D eigenvalue weighted by molar-refractivity contribution is 0.0956. The van der Waals surface area contributed by atoms with Crippen LogP contribution in [0.4, 0.5) is 0 Å². The standard InChI is InChI=1S/C16H24N6O/c1-2-19-14(23)13-7-5-12(6-8-13)11-20-15(17)21-16(18)22-9-3-4-10-22/h5-8H,2-4,9-11H2,1H3,(H,19,23)(H4,17,18,20,21). The zero-order valence-electron chi connectivity index (χ0n) is 13.5. The number of nitrogens with one attached hydrogen (secondary N) is 1. The highest BCUT2D eigenvalue weighted by Crippen LogP contribution is 2.07. The van der Waals surface area contributed by atoms with Crippen LogP contribution in [0.2, 0.25) is 0 Å². The van der Waals surface area contributed by atoms with E-state index in [1.807, 2.05) is 24.0 Å². The molecule has 1 aliphatic heterocycles. The number of aliphatic imine (C=N–C) groups is 2. The third kappa shape index (κ3) is 4.98. The molecule has 0 radical (unpaired) electrons. The zero-order chi connectivity index (χ0) is 16.7. The third-order valence-corrected chi connectivity index (χ3v) is 3.64. The number of nitrogens with zero attached hydrogens (tertiary/aromatic N) is 3. The second kappa shape index (κ2) is 8.17. The average molecular weight is 316 g/mol. The first-order valence-electron chi connectivity index (χ1n) is 7.86. The van der Waals surface area contributed by atoms with E-state index in [2.05, 4.69) is 15.3 Å². The Balaban J connectivity index is 1.93. The number of nitrogens with two attached hydrogens (primary N) is 2. The Kier molecular flexibility index (Phi) is 5.96. The number of amides is 1. The fourth-order valence-electron chi connectivity index (χ4n) is 2.37. The predicted octanol–water partition coefficient (Wildman–Crippen LogP) is 0.662. The van der Waals surface area contributed by atoms with Gasteiger partial charge in [0.2, 0.25) is 5.96 Å². The van der Waals surface area contributed by atoms with E-state index >= 15 is 0 Å². The van der Waals surface area contributed by atoms with E-state index < -0.39 is 0 Å². The van der Waals surface area contributed by atoms with Gasteiger partial charge in [0.15, 0.2) is 5.96 Å². The Morgan fingerprint density at radius 2 is 1.87 bits per heavy atom. The Labute approximate surface area is 136 Å². The van der Waals surface area contributed by atoms with Crippen LogP contribution in [-0.4, -0.2) is 42.4 Å². The van der Waals surface area contributed by atoms with Gasteiger partial charge in [-0.25, -0.2) is 4.99 Å². The van der Waals surface area contributed by atoms with Gasteiger partial charge in [-0.3, -0.25) is 4.79 Å². The van der Waals surface area contributed by atoms with E-state index in [-0.39, 0.29) is 11.9 Å². The number of guanidine groups is 2. The van der Waals surface area contributed by atoms with Crippen LogP contribution in [0, 0.1) is 0 Å². The molecule has 23 heavy (non-hydrogen) atoms. The smallest absolute Gasteiger partial charge is 0.251 e.